The summed E-state index contributed by atoms with van der Waals surface area (Å²) in [5, 5.41) is 3.88. The molecule has 1 heteroatoms. The molecule has 0 aromatic heterocycles. The Balaban J connectivity index is 2.80. The fraction of sp³-hybridized carbons (Fsp3) is 1.00. The van der Waals surface area contributed by atoms with E-state index in [-0.39, 0.29) is 0 Å². The molecule has 1 aliphatic heterocycles. The Morgan fingerprint density at radius 1 is 1.25 bits per heavy atom. The van der Waals surface area contributed by atoms with Gasteiger partial charge in [-0.25, -0.2) is 0 Å². The van der Waals surface area contributed by atoms with Crippen LogP contribution in [0.3, 0.4) is 0 Å². The van der Waals surface area contributed by atoms with Gasteiger partial charge in [0.1, 0.15) is 0 Å². The molecule has 0 saturated carbocycles. The first-order valence-corrected chi connectivity index (χ1v) is 7.10. The van der Waals surface area contributed by atoms with Gasteiger partial charge in [-0.3, -0.25) is 0 Å². The third-order valence-corrected chi connectivity index (χ3v) is 4.46. The molecule has 0 aliphatic carbocycles. The van der Waals surface area contributed by atoms with E-state index in [0.29, 0.717) is 17.0 Å². The number of hydrogen-bond donors (Lipinski definition) is 1. The lowest BCUT2D eigenvalue weighted by Gasteiger charge is -2.49. The summed E-state index contributed by atoms with van der Waals surface area (Å²) < 4.78 is 0. The first-order valence-electron chi connectivity index (χ1n) is 7.10. The first kappa shape index (κ1) is 14.0. The van der Waals surface area contributed by atoms with E-state index >= 15 is 0 Å². The third kappa shape index (κ3) is 3.23. The standard InChI is InChI=1S/C15H31N/c1-7-9-15(8-2)11-13(14(4,5)6)10-12(3)16-15/h12-13,16H,7-11H2,1-6H3. The van der Waals surface area contributed by atoms with E-state index in [1.165, 1.54) is 32.1 Å². The molecule has 0 bridgehead atoms. The number of hydrogen-bond acceptors (Lipinski definition) is 1. The van der Waals surface area contributed by atoms with Crippen molar-refractivity contribution in [1.82, 2.24) is 5.32 Å². The van der Waals surface area contributed by atoms with Crippen LogP contribution >= 0.6 is 0 Å². The van der Waals surface area contributed by atoms with Crippen LogP contribution in [-0.2, 0) is 0 Å². The molecule has 96 valence electrons. The van der Waals surface area contributed by atoms with Gasteiger partial charge in [0.2, 0.25) is 0 Å². The van der Waals surface area contributed by atoms with Crippen LogP contribution in [0.25, 0.3) is 0 Å². The van der Waals surface area contributed by atoms with Gasteiger partial charge < -0.3 is 5.32 Å². The lowest BCUT2D eigenvalue weighted by Crippen LogP contribution is -2.56. The summed E-state index contributed by atoms with van der Waals surface area (Å²) in [5.41, 5.74) is 0.884. The zero-order valence-corrected chi connectivity index (χ0v) is 12.2. The molecule has 0 amide bonds. The Labute approximate surface area is 102 Å². The number of nitrogens with one attached hydrogen (secondary N) is 1. The molecule has 0 aromatic rings. The van der Waals surface area contributed by atoms with Crippen molar-refractivity contribution in [1.29, 1.82) is 0 Å². The van der Waals surface area contributed by atoms with E-state index < -0.39 is 0 Å². The minimum Gasteiger partial charge on any atom is -0.309 e. The SMILES string of the molecule is CCCC1(CC)CC(C(C)(C)C)CC(C)N1. The Hall–Kier alpha value is -0.0400. The second-order valence-electron chi connectivity index (χ2n) is 6.93. The van der Waals surface area contributed by atoms with Gasteiger partial charge in [0, 0.05) is 11.6 Å². The van der Waals surface area contributed by atoms with Crippen molar-refractivity contribution in [3.63, 3.8) is 0 Å². The fourth-order valence-electron chi connectivity index (χ4n) is 3.36. The van der Waals surface area contributed by atoms with Gasteiger partial charge in [0.25, 0.3) is 0 Å². The van der Waals surface area contributed by atoms with Crippen LogP contribution in [0, 0.1) is 11.3 Å². The zero-order valence-electron chi connectivity index (χ0n) is 12.2. The van der Waals surface area contributed by atoms with E-state index in [4.69, 9.17) is 0 Å². The summed E-state index contributed by atoms with van der Waals surface area (Å²) in [5.74, 6) is 0.871. The topological polar surface area (TPSA) is 12.0 Å². The predicted molar refractivity (Wildman–Crippen MR) is 72.7 cm³/mol. The summed E-state index contributed by atoms with van der Waals surface area (Å²) in [6, 6.07) is 0.685. The van der Waals surface area contributed by atoms with Crippen LogP contribution in [-0.4, -0.2) is 11.6 Å². The second kappa shape index (κ2) is 5.08. The fourth-order valence-corrected chi connectivity index (χ4v) is 3.36. The highest BCUT2D eigenvalue weighted by Gasteiger charge is 2.40. The van der Waals surface area contributed by atoms with Gasteiger partial charge in [-0.1, -0.05) is 41.0 Å². The molecule has 1 N–H and O–H groups in total. The Kier molecular flexibility index (Phi) is 4.45. The minimum atomic E-state index is 0.421. The summed E-state index contributed by atoms with van der Waals surface area (Å²) in [7, 11) is 0. The highest BCUT2D eigenvalue weighted by Crippen LogP contribution is 2.42. The molecule has 3 unspecified atom stereocenters. The Bertz CT molecular complexity index is 216. The first-order chi connectivity index (χ1) is 7.33. The molecular formula is C15H31N. The lowest BCUT2D eigenvalue weighted by atomic mass is 9.66. The normalized spacial score (nSPS) is 36.4. The van der Waals surface area contributed by atoms with Gasteiger partial charge >= 0.3 is 0 Å². The van der Waals surface area contributed by atoms with Crippen LogP contribution in [0.5, 0.6) is 0 Å². The van der Waals surface area contributed by atoms with Crippen LogP contribution < -0.4 is 5.32 Å². The molecule has 1 heterocycles. The van der Waals surface area contributed by atoms with Crippen molar-refractivity contribution in [2.45, 2.75) is 85.2 Å². The molecular weight excluding hydrogens is 194 g/mol. The molecule has 1 nitrogen and oxygen atoms in total. The highest BCUT2D eigenvalue weighted by atomic mass is 15.0. The molecule has 1 aliphatic rings. The Morgan fingerprint density at radius 3 is 2.31 bits per heavy atom. The van der Waals surface area contributed by atoms with E-state index in [9.17, 15) is 0 Å². The minimum absolute atomic E-state index is 0.421. The van der Waals surface area contributed by atoms with Gasteiger partial charge in [0.05, 0.1) is 0 Å². The molecule has 0 spiro atoms. The lowest BCUT2D eigenvalue weighted by molar-refractivity contribution is 0.0747. The van der Waals surface area contributed by atoms with Crippen LogP contribution in [0.2, 0.25) is 0 Å². The van der Waals surface area contributed by atoms with E-state index in [1.54, 1.807) is 0 Å². The van der Waals surface area contributed by atoms with E-state index in [0.717, 1.165) is 5.92 Å². The predicted octanol–water partition coefficient (Wildman–Crippen LogP) is 4.37. The summed E-state index contributed by atoms with van der Waals surface area (Å²) in [6.45, 7) is 14.2. The summed E-state index contributed by atoms with van der Waals surface area (Å²) in [6.07, 6.45) is 6.61. The number of rotatable bonds is 3. The smallest absolute Gasteiger partial charge is 0.0184 e. The zero-order chi connectivity index (χ0) is 12.4. The van der Waals surface area contributed by atoms with Crippen LogP contribution in [0.4, 0.5) is 0 Å². The quantitative estimate of drug-likeness (QED) is 0.752. The highest BCUT2D eigenvalue weighted by molar-refractivity contribution is 4.98. The van der Waals surface area contributed by atoms with Crippen molar-refractivity contribution in [3.8, 4) is 0 Å². The largest absolute Gasteiger partial charge is 0.309 e. The van der Waals surface area contributed by atoms with Crippen LogP contribution in [0.15, 0.2) is 0 Å². The maximum absolute atomic E-state index is 3.88. The van der Waals surface area contributed by atoms with Crippen molar-refractivity contribution < 1.29 is 0 Å². The third-order valence-electron chi connectivity index (χ3n) is 4.46. The van der Waals surface area contributed by atoms with Crippen molar-refractivity contribution >= 4 is 0 Å². The molecule has 1 saturated heterocycles. The van der Waals surface area contributed by atoms with Crippen molar-refractivity contribution in [3.05, 3.63) is 0 Å². The van der Waals surface area contributed by atoms with Gasteiger partial charge in [-0.15, -0.1) is 0 Å². The van der Waals surface area contributed by atoms with Crippen molar-refractivity contribution in [2.24, 2.45) is 11.3 Å². The van der Waals surface area contributed by atoms with Crippen molar-refractivity contribution in [2.75, 3.05) is 0 Å². The average molecular weight is 225 g/mol. The maximum atomic E-state index is 3.88. The van der Waals surface area contributed by atoms with E-state index in [2.05, 4.69) is 46.9 Å². The Morgan fingerprint density at radius 2 is 1.88 bits per heavy atom. The summed E-state index contributed by atoms with van der Waals surface area (Å²) in [4.78, 5) is 0. The van der Waals surface area contributed by atoms with Crippen LogP contribution in [0.1, 0.15) is 73.6 Å². The summed E-state index contributed by atoms with van der Waals surface area (Å²) >= 11 is 0. The van der Waals surface area contributed by atoms with Gasteiger partial charge in [-0.2, -0.15) is 0 Å². The monoisotopic (exact) mass is 225 g/mol. The number of piperidine rings is 1. The second-order valence-corrected chi connectivity index (χ2v) is 6.93. The molecule has 1 fully saturated rings. The maximum Gasteiger partial charge on any atom is 0.0184 e. The molecule has 0 radical (unpaired) electrons. The average Bonchev–Trinajstić information content (AvgIpc) is 2.16. The van der Waals surface area contributed by atoms with Gasteiger partial charge in [0.15, 0.2) is 0 Å². The van der Waals surface area contributed by atoms with Gasteiger partial charge in [-0.05, 0) is 43.9 Å². The van der Waals surface area contributed by atoms with E-state index in [1.807, 2.05) is 0 Å². The molecule has 16 heavy (non-hydrogen) atoms. The molecule has 1 rings (SSSR count). The molecule has 3 atom stereocenters. The molecule has 0 aromatic carbocycles.